The van der Waals surface area contributed by atoms with Crippen molar-refractivity contribution in [3.05, 3.63) is 71.3 Å². The van der Waals surface area contributed by atoms with Gasteiger partial charge in [0.05, 0.1) is 18.3 Å². The van der Waals surface area contributed by atoms with E-state index in [0.29, 0.717) is 39.2 Å². The lowest BCUT2D eigenvalue weighted by Gasteiger charge is -2.25. The maximum Gasteiger partial charge on any atom is 0.231 e. The molecule has 5 rings (SSSR count). The van der Waals surface area contributed by atoms with E-state index >= 15 is 0 Å². The smallest absolute Gasteiger partial charge is 0.231 e. The fourth-order valence-corrected chi connectivity index (χ4v) is 4.60. The van der Waals surface area contributed by atoms with E-state index in [0.717, 1.165) is 0 Å². The van der Waals surface area contributed by atoms with Gasteiger partial charge in [0.15, 0.2) is 5.78 Å². The molecular weight excluding hydrogens is 491 g/mol. The van der Waals surface area contributed by atoms with Crippen LogP contribution in [0.4, 0.5) is 4.39 Å². The van der Waals surface area contributed by atoms with Gasteiger partial charge in [-0.1, -0.05) is 0 Å². The van der Waals surface area contributed by atoms with E-state index in [1.807, 2.05) is 0 Å². The molecule has 0 fully saturated rings. The van der Waals surface area contributed by atoms with Crippen LogP contribution in [0, 0.1) is 5.82 Å². The quantitative estimate of drug-likeness (QED) is 0.302. The lowest BCUT2D eigenvalue weighted by molar-refractivity contribution is -0.123. The Hall–Kier alpha value is -4.31. The summed E-state index contributed by atoms with van der Waals surface area (Å²) in [6.07, 6.45) is -0.00859. The summed E-state index contributed by atoms with van der Waals surface area (Å²) in [5.74, 6) is -0.330. The molecule has 1 amide bonds. The molecule has 1 aliphatic heterocycles. The number of nitrogens with two attached hydrogens (primary N) is 1. The second-order valence-corrected chi connectivity index (χ2v) is 9.91. The predicted octanol–water partition coefficient (Wildman–Crippen LogP) is 3.78. The van der Waals surface area contributed by atoms with Crippen LogP contribution in [0.2, 0.25) is 0 Å². The van der Waals surface area contributed by atoms with Crippen molar-refractivity contribution in [1.82, 2.24) is 15.2 Å². The van der Waals surface area contributed by atoms with E-state index in [9.17, 15) is 19.1 Å². The monoisotopic (exact) mass is 518 g/mol. The first-order valence-electron chi connectivity index (χ1n) is 12.1. The van der Waals surface area contributed by atoms with Gasteiger partial charge in [0.2, 0.25) is 5.91 Å². The molecule has 4 aromatic rings. The molecule has 0 unspecified atom stereocenters. The Morgan fingerprint density at radius 1 is 1.24 bits per heavy atom. The first-order chi connectivity index (χ1) is 18.0. The Bertz CT molecular complexity index is 1560. The zero-order valence-electron chi connectivity index (χ0n) is 21.2. The molecule has 0 saturated carbocycles. The van der Waals surface area contributed by atoms with Gasteiger partial charge in [-0.25, -0.2) is 9.37 Å². The molecular formula is C28H27FN4O5. The van der Waals surface area contributed by atoms with Crippen molar-refractivity contribution < 1.29 is 28.6 Å². The maximum absolute atomic E-state index is 13.6. The third-order valence-corrected chi connectivity index (χ3v) is 7.16. The SMILES string of the molecule is COc1ccc2[nH]nc(C(=O)CC[C@](C)(O)c3cc4c(c(-c5ccc(F)cc5)n3)OC[C@]4(C)C(N)=O)c2c1. The van der Waals surface area contributed by atoms with E-state index in [4.69, 9.17) is 15.2 Å². The van der Waals surface area contributed by atoms with Crippen LogP contribution in [0.5, 0.6) is 11.5 Å². The molecule has 9 nitrogen and oxygen atoms in total. The summed E-state index contributed by atoms with van der Waals surface area (Å²) in [7, 11) is 1.54. The number of methoxy groups -OCH3 is 1. The minimum Gasteiger partial charge on any atom is -0.497 e. The number of hydrogen-bond donors (Lipinski definition) is 3. The maximum atomic E-state index is 13.6. The normalized spacial score (nSPS) is 18.0. The summed E-state index contributed by atoms with van der Waals surface area (Å²) < 4.78 is 24.7. The second-order valence-electron chi connectivity index (χ2n) is 9.91. The molecule has 0 bridgehead atoms. The number of benzene rings is 2. The number of primary amides is 1. The van der Waals surface area contributed by atoms with Gasteiger partial charge >= 0.3 is 0 Å². The van der Waals surface area contributed by atoms with Crippen LogP contribution >= 0.6 is 0 Å². The van der Waals surface area contributed by atoms with Gasteiger partial charge in [-0.3, -0.25) is 14.7 Å². The summed E-state index contributed by atoms with van der Waals surface area (Å²) in [5, 5.41) is 19.1. The number of halogens is 1. The van der Waals surface area contributed by atoms with Gasteiger partial charge in [0, 0.05) is 22.9 Å². The Morgan fingerprint density at radius 2 is 1.97 bits per heavy atom. The van der Waals surface area contributed by atoms with Crippen LogP contribution in [0.15, 0.2) is 48.5 Å². The number of pyridine rings is 1. The number of carbonyl (C=O) groups excluding carboxylic acids is 2. The standard InChI is InChI=1S/C28H27FN4O5/c1-27(26(30)35)14-38-25-19(27)13-22(31-23(25)15-4-6-16(29)7-5-15)28(2,36)11-10-21(34)24-18-12-17(37-3)8-9-20(18)32-33-24/h4-9,12-13,36H,10-11,14H2,1-3H3,(H2,30,35)(H,32,33)/t27-,28-/m0/s1. The number of amides is 1. The minimum atomic E-state index is -1.57. The number of fused-ring (bicyclic) bond motifs is 2. The van der Waals surface area contributed by atoms with Crippen LogP contribution in [0.3, 0.4) is 0 Å². The number of Topliss-reactive ketones (excluding diaryl/α,β-unsaturated/α-hetero) is 1. The van der Waals surface area contributed by atoms with E-state index in [-0.39, 0.29) is 36.6 Å². The fraction of sp³-hybridized carbons (Fsp3) is 0.286. The molecule has 0 radical (unpaired) electrons. The number of hydrogen-bond acceptors (Lipinski definition) is 7. The third-order valence-electron chi connectivity index (χ3n) is 7.16. The number of rotatable bonds is 8. The number of carbonyl (C=O) groups is 2. The van der Waals surface area contributed by atoms with Gasteiger partial charge in [-0.2, -0.15) is 5.10 Å². The number of H-pyrrole nitrogens is 1. The fourth-order valence-electron chi connectivity index (χ4n) is 4.60. The number of ketones is 1. The summed E-state index contributed by atoms with van der Waals surface area (Å²) in [5.41, 5.74) is 5.54. The summed E-state index contributed by atoms with van der Waals surface area (Å²) in [4.78, 5) is 30.2. The first-order valence-corrected chi connectivity index (χ1v) is 12.1. The number of aromatic amines is 1. The third kappa shape index (κ3) is 4.26. The van der Waals surface area contributed by atoms with Crippen molar-refractivity contribution in [1.29, 1.82) is 0 Å². The molecule has 0 spiro atoms. The van der Waals surface area contributed by atoms with Crippen LogP contribution in [-0.2, 0) is 15.8 Å². The number of nitrogens with one attached hydrogen (secondary N) is 1. The summed E-state index contributed by atoms with van der Waals surface area (Å²) >= 11 is 0. The van der Waals surface area contributed by atoms with E-state index in [1.165, 1.54) is 19.2 Å². The van der Waals surface area contributed by atoms with Crippen LogP contribution < -0.4 is 15.2 Å². The number of ether oxygens (including phenoxy) is 2. The predicted molar refractivity (Wildman–Crippen MR) is 137 cm³/mol. The lowest BCUT2D eigenvalue weighted by atomic mass is 9.81. The molecule has 1 aliphatic rings. The highest BCUT2D eigenvalue weighted by Gasteiger charge is 2.45. The Balaban J connectivity index is 1.50. The van der Waals surface area contributed by atoms with Crippen molar-refractivity contribution in [3.8, 4) is 22.8 Å². The molecule has 2 aromatic heterocycles. The molecule has 38 heavy (non-hydrogen) atoms. The zero-order chi connectivity index (χ0) is 27.2. The Kier molecular flexibility index (Phi) is 6.15. The highest BCUT2D eigenvalue weighted by atomic mass is 19.1. The van der Waals surface area contributed by atoms with E-state index in [1.54, 1.807) is 50.2 Å². The molecule has 10 heteroatoms. The van der Waals surface area contributed by atoms with Gasteiger partial charge in [-0.05, 0) is 68.8 Å². The summed E-state index contributed by atoms with van der Waals surface area (Å²) in [6, 6.07) is 12.5. The molecule has 0 aliphatic carbocycles. The van der Waals surface area contributed by atoms with Crippen molar-refractivity contribution in [3.63, 3.8) is 0 Å². The van der Waals surface area contributed by atoms with Crippen molar-refractivity contribution >= 4 is 22.6 Å². The number of nitrogens with zero attached hydrogens (tertiary/aromatic N) is 2. The number of aliphatic hydroxyl groups is 1. The topological polar surface area (TPSA) is 140 Å². The molecule has 0 saturated heterocycles. The van der Waals surface area contributed by atoms with Crippen molar-refractivity contribution in [2.45, 2.75) is 37.7 Å². The first kappa shape index (κ1) is 25.3. The van der Waals surface area contributed by atoms with Crippen LogP contribution in [-0.4, -0.2) is 45.7 Å². The molecule has 196 valence electrons. The molecule has 4 N–H and O–H groups in total. The average molecular weight is 519 g/mol. The van der Waals surface area contributed by atoms with Crippen molar-refractivity contribution in [2.75, 3.05) is 13.7 Å². The van der Waals surface area contributed by atoms with Crippen LogP contribution in [0.25, 0.3) is 22.2 Å². The zero-order valence-corrected chi connectivity index (χ0v) is 21.2. The van der Waals surface area contributed by atoms with E-state index in [2.05, 4.69) is 15.2 Å². The highest BCUT2D eigenvalue weighted by Crippen LogP contribution is 2.46. The Morgan fingerprint density at radius 3 is 2.66 bits per heavy atom. The van der Waals surface area contributed by atoms with Gasteiger partial charge < -0.3 is 20.3 Å². The van der Waals surface area contributed by atoms with Crippen LogP contribution in [0.1, 0.15) is 48.4 Å². The molecule has 2 aromatic carbocycles. The highest BCUT2D eigenvalue weighted by molar-refractivity contribution is 6.06. The molecule has 2 atom stereocenters. The van der Waals surface area contributed by atoms with Gasteiger partial charge in [0.1, 0.15) is 46.3 Å². The minimum absolute atomic E-state index is 0.00726. The van der Waals surface area contributed by atoms with Gasteiger partial charge in [-0.15, -0.1) is 0 Å². The summed E-state index contributed by atoms with van der Waals surface area (Å²) in [6.45, 7) is 3.22. The number of aromatic nitrogens is 3. The largest absolute Gasteiger partial charge is 0.497 e. The van der Waals surface area contributed by atoms with Crippen molar-refractivity contribution in [2.24, 2.45) is 5.73 Å². The van der Waals surface area contributed by atoms with E-state index < -0.39 is 22.7 Å². The second kappa shape index (κ2) is 9.21. The van der Waals surface area contributed by atoms with Gasteiger partial charge in [0.25, 0.3) is 0 Å². The molecule has 3 heterocycles. The Labute approximate surface area is 217 Å². The lowest BCUT2D eigenvalue weighted by Crippen LogP contribution is -2.40. The average Bonchev–Trinajstić information content (AvgIpc) is 3.49.